The van der Waals surface area contributed by atoms with Gasteiger partial charge in [0.2, 0.25) is 0 Å². The monoisotopic (exact) mass is 486 g/mol. The third-order valence-electron chi connectivity index (χ3n) is 5.56. The zero-order valence-electron chi connectivity index (χ0n) is 19.3. The number of thiophene rings is 1. The van der Waals surface area contributed by atoms with Crippen molar-refractivity contribution in [2.45, 2.75) is 45.6 Å². The van der Waals surface area contributed by atoms with Gasteiger partial charge in [0.15, 0.2) is 0 Å². The number of amides is 1. The minimum atomic E-state index is 0. The highest BCUT2D eigenvalue weighted by atomic mass is 35.5. The van der Waals surface area contributed by atoms with E-state index in [1.165, 1.54) is 0 Å². The summed E-state index contributed by atoms with van der Waals surface area (Å²) in [5.74, 6) is 2.63. The molecule has 0 spiro atoms. The van der Waals surface area contributed by atoms with E-state index in [1.807, 2.05) is 42.2 Å². The van der Waals surface area contributed by atoms with E-state index in [-0.39, 0.29) is 30.3 Å². The number of halogens is 1. The Bertz CT molecular complexity index is 1050. The number of rotatable bonds is 7. The molecule has 1 aliphatic rings. The second kappa shape index (κ2) is 11.5. The Morgan fingerprint density at radius 1 is 1.21 bits per heavy atom. The number of nitrogens with one attached hydrogen (secondary N) is 1. The normalized spacial score (nSPS) is 14.1. The number of nitrogens with zero attached hydrogens (tertiary/aromatic N) is 3. The van der Waals surface area contributed by atoms with Gasteiger partial charge in [-0.05, 0) is 57.2 Å². The fourth-order valence-electron chi connectivity index (χ4n) is 4.01. The lowest BCUT2D eigenvalue weighted by molar-refractivity contribution is 0.0707. The number of carbonyl (C=O) groups is 1. The van der Waals surface area contributed by atoms with Crippen LogP contribution >= 0.6 is 23.7 Å². The summed E-state index contributed by atoms with van der Waals surface area (Å²) in [5.41, 5.74) is 2.70. The van der Waals surface area contributed by atoms with Crippen molar-refractivity contribution in [1.82, 2.24) is 14.9 Å². The van der Waals surface area contributed by atoms with Gasteiger partial charge in [-0.3, -0.25) is 4.79 Å². The van der Waals surface area contributed by atoms with Crippen molar-refractivity contribution in [2.24, 2.45) is 0 Å². The van der Waals surface area contributed by atoms with Crippen molar-refractivity contribution in [2.75, 3.05) is 25.0 Å². The summed E-state index contributed by atoms with van der Waals surface area (Å²) in [6, 6.07) is 11.9. The van der Waals surface area contributed by atoms with Crippen LogP contribution in [0.3, 0.4) is 0 Å². The standard InChI is InChI=1S/C25H30N4O2S.ClH/c1-4-31-22-8-6-5-7-20(22)25(30)29-12-9-18(10-13-29)24-27-21(19-11-14-32-16-19)15-23(28-24)26-17(2)3;/h5-8,11,14-18H,4,9-10,12-13H2,1-3H3,(H,26,27,28);1H. The molecule has 1 aliphatic heterocycles. The third kappa shape index (κ3) is 6.03. The van der Waals surface area contributed by atoms with E-state index in [1.54, 1.807) is 11.3 Å². The van der Waals surface area contributed by atoms with Gasteiger partial charge in [-0.25, -0.2) is 9.97 Å². The van der Waals surface area contributed by atoms with Crippen molar-refractivity contribution < 1.29 is 9.53 Å². The zero-order chi connectivity index (χ0) is 22.5. The van der Waals surface area contributed by atoms with Gasteiger partial charge in [0.1, 0.15) is 17.4 Å². The number of aromatic nitrogens is 2. The first-order valence-corrected chi connectivity index (χ1v) is 12.2. The molecule has 0 aliphatic carbocycles. The Morgan fingerprint density at radius 2 is 1.97 bits per heavy atom. The van der Waals surface area contributed by atoms with E-state index in [2.05, 4.69) is 36.0 Å². The number of hydrogen-bond donors (Lipinski definition) is 1. The lowest BCUT2D eigenvalue weighted by Crippen LogP contribution is -2.38. The zero-order valence-corrected chi connectivity index (χ0v) is 20.9. The van der Waals surface area contributed by atoms with Crippen LogP contribution < -0.4 is 10.1 Å². The van der Waals surface area contributed by atoms with Gasteiger partial charge in [-0.15, -0.1) is 12.4 Å². The van der Waals surface area contributed by atoms with E-state index >= 15 is 0 Å². The summed E-state index contributed by atoms with van der Waals surface area (Å²) in [6.45, 7) is 8.05. The predicted octanol–water partition coefficient (Wildman–Crippen LogP) is 5.87. The fourth-order valence-corrected chi connectivity index (χ4v) is 4.66. The fraction of sp³-hybridized carbons (Fsp3) is 0.400. The van der Waals surface area contributed by atoms with Gasteiger partial charge in [0, 0.05) is 42.1 Å². The first kappa shape index (κ1) is 25.0. The molecule has 6 nitrogen and oxygen atoms in total. The first-order chi connectivity index (χ1) is 15.5. The van der Waals surface area contributed by atoms with Crippen LogP contribution in [0.4, 0.5) is 5.82 Å². The molecule has 1 saturated heterocycles. The van der Waals surface area contributed by atoms with Gasteiger partial charge in [0.25, 0.3) is 5.91 Å². The second-order valence-electron chi connectivity index (χ2n) is 8.30. The minimum absolute atomic E-state index is 0. The lowest BCUT2D eigenvalue weighted by Gasteiger charge is -2.32. The maximum absolute atomic E-state index is 13.1. The number of benzene rings is 1. The summed E-state index contributed by atoms with van der Waals surface area (Å²) in [7, 11) is 0. The Morgan fingerprint density at radius 3 is 2.64 bits per heavy atom. The minimum Gasteiger partial charge on any atom is -0.493 e. The highest BCUT2D eigenvalue weighted by Crippen LogP contribution is 2.31. The predicted molar refractivity (Wildman–Crippen MR) is 137 cm³/mol. The van der Waals surface area contributed by atoms with Crippen molar-refractivity contribution in [3.8, 4) is 17.0 Å². The smallest absolute Gasteiger partial charge is 0.257 e. The number of para-hydroxylation sites is 1. The molecule has 0 atom stereocenters. The summed E-state index contributed by atoms with van der Waals surface area (Å²) in [4.78, 5) is 24.8. The summed E-state index contributed by atoms with van der Waals surface area (Å²) < 4.78 is 5.66. The number of anilines is 1. The van der Waals surface area contributed by atoms with Gasteiger partial charge < -0.3 is 15.0 Å². The summed E-state index contributed by atoms with van der Waals surface area (Å²) >= 11 is 1.67. The summed E-state index contributed by atoms with van der Waals surface area (Å²) in [5, 5.41) is 7.61. The molecule has 4 rings (SSSR count). The maximum atomic E-state index is 13.1. The molecule has 8 heteroatoms. The van der Waals surface area contributed by atoms with Gasteiger partial charge in [0.05, 0.1) is 17.9 Å². The Hall–Kier alpha value is -2.64. The lowest BCUT2D eigenvalue weighted by atomic mass is 9.95. The molecular weight excluding hydrogens is 456 g/mol. The average molecular weight is 487 g/mol. The number of hydrogen-bond acceptors (Lipinski definition) is 6. The summed E-state index contributed by atoms with van der Waals surface area (Å²) in [6.07, 6.45) is 1.69. The Labute approximate surface area is 205 Å². The van der Waals surface area contributed by atoms with Crippen molar-refractivity contribution in [3.05, 3.63) is 58.5 Å². The van der Waals surface area contributed by atoms with E-state index < -0.39 is 0 Å². The van der Waals surface area contributed by atoms with Gasteiger partial charge in [-0.1, -0.05) is 12.1 Å². The van der Waals surface area contributed by atoms with Crippen LogP contribution in [0.25, 0.3) is 11.3 Å². The van der Waals surface area contributed by atoms with Gasteiger partial charge in [-0.2, -0.15) is 11.3 Å². The molecular formula is C25H31ClN4O2S. The molecule has 1 fully saturated rings. The van der Waals surface area contributed by atoms with Crippen LogP contribution in [0, 0.1) is 0 Å². The molecule has 176 valence electrons. The molecule has 0 radical (unpaired) electrons. The largest absolute Gasteiger partial charge is 0.493 e. The van der Waals surface area contributed by atoms with Crippen molar-refractivity contribution >= 4 is 35.5 Å². The van der Waals surface area contributed by atoms with Crippen molar-refractivity contribution in [3.63, 3.8) is 0 Å². The maximum Gasteiger partial charge on any atom is 0.257 e. The Kier molecular flexibility index (Phi) is 8.69. The molecule has 3 heterocycles. The Balaban J connectivity index is 0.00000306. The van der Waals surface area contributed by atoms with Crippen LogP contribution in [0.2, 0.25) is 0 Å². The molecule has 0 bridgehead atoms. The molecule has 1 amide bonds. The van der Waals surface area contributed by atoms with Crippen LogP contribution in [-0.2, 0) is 0 Å². The highest BCUT2D eigenvalue weighted by molar-refractivity contribution is 7.08. The number of ether oxygens (including phenoxy) is 1. The van der Waals surface area contributed by atoms with Gasteiger partial charge >= 0.3 is 0 Å². The second-order valence-corrected chi connectivity index (χ2v) is 9.08. The van der Waals surface area contributed by atoms with Crippen molar-refractivity contribution in [1.29, 1.82) is 0 Å². The van der Waals surface area contributed by atoms with E-state index in [4.69, 9.17) is 14.7 Å². The molecule has 0 unspecified atom stereocenters. The van der Waals surface area contributed by atoms with Crippen LogP contribution in [0.1, 0.15) is 55.7 Å². The third-order valence-corrected chi connectivity index (χ3v) is 6.24. The van der Waals surface area contributed by atoms with E-state index in [0.717, 1.165) is 35.7 Å². The number of likely N-dealkylation sites (tertiary alicyclic amines) is 1. The SMILES string of the molecule is CCOc1ccccc1C(=O)N1CCC(c2nc(NC(C)C)cc(-c3ccsc3)n2)CC1.Cl. The van der Waals surface area contributed by atoms with Crippen LogP contribution in [0.5, 0.6) is 5.75 Å². The quantitative estimate of drug-likeness (QED) is 0.452. The van der Waals surface area contributed by atoms with Crippen LogP contribution in [0.15, 0.2) is 47.2 Å². The molecule has 33 heavy (non-hydrogen) atoms. The molecule has 2 aromatic heterocycles. The first-order valence-electron chi connectivity index (χ1n) is 11.2. The topological polar surface area (TPSA) is 67.3 Å². The average Bonchev–Trinajstić information content (AvgIpc) is 3.34. The number of piperidine rings is 1. The van der Waals surface area contributed by atoms with E-state index in [0.29, 0.717) is 31.0 Å². The highest BCUT2D eigenvalue weighted by Gasteiger charge is 2.28. The molecule has 0 saturated carbocycles. The van der Waals surface area contributed by atoms with E-state index in [9.17, 15) is 4.79 Å². The molecule has 3 aromatic rings. The molecule has 1 N–H and O–H groups in total. The van der Waals surface area contributed by atoms with Crippen LogP contribution in [-0.4, -0.2) is 46.5 Å². The number of carbonyl (C=O) groups excluding carboxylic acids is 1. The molecule has 1 aromatic carbocycles.